The van der Waals surface area contributed by atoms with Crippen molar-refractivity contribution >= 4 is 5.78 Å². The molecule has 0 bridgehead atoms. The van der Waals surface area contributed by atoms with Crippen LogP contribution < -0.4 is 0 Å². The second kappa shape index (κ2) is 7.10. The first-order valence-electron chi connectivity index (χ1n) is 9.98. The van der Waals surface area contributed by atoms with Gasteiger partial charge in [0.1, 0.15) is 11.4 Å². The molecule has 0 radical (unpaired) electrons. The molecular formula is C22H32O6. The van der Waals surface area contributed by atoms with Crippen molar-refractivity contribution in [2.24, 2.45) is 11.8 Å². The summed E-state index contributed by atoms with van der Waals surface area (Å²) in [4.78, 5) is 12.1. The number of ketones is 1. The molecule has 156 valence electrons. The van der Waals surface area contributed by atoms with Crippen molar-refractivity contribution in [1.29, 1.82) is 0 Å². The highest BCUT2D eigenvalue weighted by Gasteiger charge is 2.51. The highest BCUT2D eigenvalue weighted by molar-refractivity contribution is 5.99. The second-order valence-corrected chi connectivity index (χ2v) is 9.01. The number of aliphatic hydroxyl groups excluding tert-OH is 1. The Balaban J connectivity index is 1.85. The smallest absolute Gasteiger partial charge is 0.189 e. The Morgan fingerprint density at radius 2 is 1.96 bits per heavy atom. The number of ether oxygens (including phenoxy) is 3. The molecule has 6 unspecified atom stereocenters. The van der Waals surface area contributed by atoms with Crippen LogP contribution in [0.5, 0.6) is 0 Å². The molecule has 28 heavy (non-hydrogen) atoms. The first-order valence-corrected chi connectivity index (χ1v) is 9.98. The summed E-state index contributed by atoms with van der Waals surface area (Å²) in [5.74, 6) is -0.697. The van der Waals surface area contributed by atoms with Crippen LogP contribution in [-0.4, -0.2) is 51.8 Å². The van der Waals surface area contributed by atoms with Gasteiger partial charge in [0, 0.05) is 5.92 Å². The highest BCUT2D eigenvalue weighted by atomic mass is 16.8. The molecular weight excluding hydrogens is 360 g/mol. The van der Waals surface area contributed by atoms with Crippen molar-refractivity contribution < 1.29 is 29.2 Å². The van der Waals surface area contributed by atoms with Gasteiger partial charge in [0.25, 0.3) is 0 Å². The quantitative estimate of drug-likeness (QED) is 0.765. The molecule has 3 aliphatic rings. The molecule has 6 nitrogen and oxygen atoms in total. The molecule has 6 heteroatoms. The van der Waals surface area contributed by atoms with Crippen LogP contribution in [0, 0.1) is 11.8 Å². The van der Waals surface area contributed by atoms with Crippen molar-refractivity contribution in [3.8, 4) is 0 Å². The second-order valence-electron chi connectivity index (χ2n) is 9.01. The van der Waals surface area contributed by atoms with Gasteiger partial charge in [-0.25, -0.2) is 0 Å². The predicted molar refractivity (Wildman–Crippen MR) is 104 cm³/mol. The van der Waals surface area contributed by atoms with Crippen LogP contribution >= 0.6 is 0 Å². The van der Waals surface area contributed by atoms with Gasteiger partial charge >= 0.3 is 0 Å². The molecule has 0 saturated carbocycles. The average molecular weight is 392 g/mol. The summed E-state index contributed by atoms with van der Waals surface area (Å²) < 4.78 is 18.1. The van der Waals surface area contributed by atoms with Gasteiger partial charge in [-0.3, -0.25) is 4.79 Å². The zero-order valence-electron chi connectivity index (χ0n) is 17.6. The van der Waals surface area contributed by atoms with E-state index in [2.05, 4.69) is 13.8 Å². The maximum Gasteiger partial charge on any atom is 0.189 e. The van der Waals surface area contributed by atoms with Crippen LogP contribution in [0.1, 0.15) is 48.0 Å². The van der Waals surface area contributed by atoms with E-state index < -0.39 is 34.8 Å². The fraction of sp³-hybridized carbons (Fsp3) is 0.682. The number of carbonyl (C=O) groups is 1. The predicted octanol–water partition coefficient (Wildman–Crippen LogP) is 2.65. The van der Waals surface area contributed by atoms with Gasteiger partial charge in [-0.1, -0.05) is 20.3 Å². The van der Waals surface area contributed by atoms with Crippen LogP contribution in [0.3, 0.4) is 0 Å². The molecule has 2 N–H and O–H groups in total. The molecule has 0 spiro atoms. The van der Waals surface area contributed by atoms with Gasteiger partial charge in [0.15, 0.2) is 17.2 Å². The minimum atomic E-state index is -1.78. The third-order valence-electron chi connectivity index (χ3n) is 6.10. The Morgan fingerprint density at radius 1 is 1.29 bits per heavy atom. The van der Waals surface area contributed by atoms with Gasteiger partial charge < -0.3 is 24.4 Å². The first kappa shape index (κ1) is 21.2. The van der Waals surface area contributed by atoms with E-state index in [-0.39, 0.29) is 12.7 Å². The van der Waals surface area contributed by atoms with Crippen molar-refractivity contribution in [1.82, 2.24) is 0 Å². The van der Waals surface area contributed by atoms with Crippen LogP contribution in [-0.2, 0) is 19.0 Å². The molecule has 0 aromatic carbocycles. The molecule has 1 fully saturated rings. The number of carbonyl (C=O) groups excluding carboxylic acids is 1. The lowest BCUT2D eigenvalue weighted by atomic mass is 9.75. The first-order chi connectivity index (χ1) is 12.9. The van der Waals surface area contributed by atoms with E-state index >= 15 is 0 Å². The number of fused-ring (bicyclic) bond motifs is 1. The topological polar surface area (TPSA) is 85.2 Å². The Labute approximate surface area is 166 Å². The molecule has 0 aromatic rings. The number of aliphatic hydroxyl groups is 2. The molecule has 0 aromatic heterocycles. The molecule has 3 rings (SSSR count). The zero-order valence-corrected chi connectivity index (χ0v) is 17.6. The Kier molecular flexibility index (Phi) is 5.38. The largest absolute Gasteiger partial charge is 0.493 e. The van der Waals surface area contributed by atoms with Crippen molar-refractivity contribution in [3.05, 3.63) is 35.6 Å². The zero-order chi connectivity index (χ0) is 20.9. The Bertz CT molecular complexity index is 731. The van der Waals surface area contributed by atoms with E-state index in [0.29, 0.717) is 17.3 Å². The van der Waals surface area contributed by atoms with Crippen LogP contribution in [0.25, 0.3) is 0 Å². The normalized spacial score (nSPS) is 41.3. The van der Waals surface area contributed by atoms with Crippen LogP contribution in [0.4, 0.5) is 0 Å². The van der Waals surface area contributed by atoms with E-state index in [9.17, 15) is 15.0 Å². The van der Waals surface area contributed by atoms with Gasteiger partial charge in [-0.2, -0.15) is 0 Å². The van der Waals surface area contributed by atoms with Gasteiger partial charge in [0.05, 0.1) is 18.8 Å². The Morgan fingerprint density at radius 3 is 2.61 bits per heavy atom. The lowest BCUT2D eigenvalue weighted by Gasteiger charge is -2.39. The SMILES string of the molecule is CCC(C)C1OC(C)(C)OC1(C)C=CC1=CC2=CC(=O)C(C)(O)C(O)C2CO1. The summed E-state index contributed by atoms with van der Waals surface area (Å²) in [6.45, 7) is 11.6. The summed E-state index contributed by atoms with van der Waals surface area (Å²) >= 11 is 0. The van der Waals surface area contributed by atoms with Crippen molar-refractivity contribution in [2.75, 3.05) is 6.61 Å². The van der Waals surface area contributed by atoms with Crippen LogP contribution in [0.2, 0.25) is 0 Å². The molecule has 0 amide bonds. The van der Waals surface area contributed by atoms with Crippen molar-refractivity contribution in [3.63, 3.8) is 0 Å². The number of hydrogen-bond acceptors (Lipinski definition) is 6. The van der Waals surface area contributed by atoms with E-state index in [0.717, 1.165) is 6.42 Å². The minimum Gasteiger partial charge on any atom is -0.493 e. The van der Waals surface area contributed by atoms with E-state index in [1.165, 1.54) is 13.0 Å². The lowest BCUT2D eigenvalue weighted by molar-refractivity contribution is -0.156. The molecule has 1 saturated heterocycles. The van der Waals surface area contributed by atoms with E-state index in [4.69, 9.17) is 14.2 Å². The summed E-state index contributed by atoms with van der Waals surface area (Å²) in [5.41, 5.74) is -1.72. The minimum absolute atomic E-state index is 0.0897. The maximum absolute atomic E-state index is 12.1. The van der Waals surface area contributed by atoms with Gasteiger partial charge in [-0.05, 0) is 63.5 Å². The summed E-state index contributed by atoms with van der Waals surface area (Å²) in [7, 11) is 0. The Hall–Kier alpha value is -1.47. The monoisotopic (exact) mass is 392 g/mol. The number of allylic oxidation sites excluding steroid dienone is 2. The molecule has 2 heterocycles. The molecule has 6 atom stereocenters. The van der Waals surface area contributed by atoms with Crippen molar-refractivity contribution in [2.45, 2.75) is 77.2 Å². The molecule has 2 aliphatic heterocycles. The van der Waals surface area contributed by atoms with E-state index in [1.54, 1.807) is 6.08 Å². The summed E-state index contributed by atoms with van der Waals surface area (Å²) in [5, 5.41) is 20.5. The third kappa shape index (κ3) is 3.71. The van der Waals surface area contributed by atoms with Gasteiger partial charge in [0.2, 0.25) is 0 Å². The third-order valence-corrected chi connectivity index (χ3v) is 6.10. The molecule has 1 aliphatic carbocycles. The number of hydrogen-bond donors (Lipinski definition) is 2. The summed E-state index contributed by atoms with van der Waals surface area (Å²) in [6, 6.07) is 0. The van der Waals surface area contributed by atoms with Gasteiger partial charge in [-0.15, -0.1) is 0 Å². The standard InChI is InChI=1S/C22H32O6/c1-7-13(2)19-21(5,28-20(3,4)27-19)9-8-15-10-14-11-17(23)22(6,25)18(24)16(14)12-26-15/h8-11,13,16,18-19,24-25H,7,12H2,1-6H3. The van der Waals surface area contributed by atoms with Crippen LogP contribution in [0.15, 0.2) is 35.6 Å². The fourth-order valence-electron chi connectivity index (χ4n) is 4.25. The number of rotatable bonds is 4. The summed E-state index contributed by atoms with van der Waals surface area (Å²) in [6.07, 6.45) is 6.61. The maximum atomic E-state index is 12.1. The lowest BCUT2D eigenvalue weighted by Crippen LogP contribution is -2.54. The fourth-order valence-corrected chi connectivity index (χ4v) is 4.25. The average Bonchev–Trinajstić information content (AvgIpc) is 2.87. The highest BCUT2D eigenvalue weighted by Crippen LogP contribution is 2.42. The van der Waals surface area contributed by atoms with E-state index in [1.807, 2.05) is 32.9 Å².